The third-order valence-electron chi connectivity index (χ3n) is 4.05. The van der Waals surface area contributed by atoms with E-state index in [4.69, 9.17) is 4.74 Å². The minimum absolute atomic E-state index is 0.465. The minimum atomic E-state index is 0.465. The van der Waals surface area contributed by atoms with Crippen molar-refractivity contribution in [3.63, 3.8) is 0 Å². The second kappa shape index (κ2) is 7.04. The van der Waals surface area contributed by atoms with Gasteiger partial charge in [-0.15, -0.1) is 0 Å². The van der Waals surface area contributed by atoms with Gasteiger partial charge in [0, 0.05) is 26.2 Å². The highest BCUT2D eigenvalue weighted by atomic mass is 16.5. The maximum absolute atomic E-state index is 5.29. The van der Waals surface area contributed by atoms with Crippen LogP contribution in [0.2, 0.25) is 0 Å². The van der Waals surface area contributed by atoms with Crippen LogP contribution in [0.25, 0.3) is 0 Å². The van der Waals surface area contributed by atoms with Crippen molar-refractivity contribution in [1.82, 2.24) is 10.2 Å². The number of rotatable bonds is 6. The second-order valence-corrected chi connectivity index (χ2v) is 5.35. The molecule has 1 aliphatic rings. The Balaban J connectivity index is 2.13. The van der Waals surface area contributed by atoms with E-state index < -0.39 is 0 Å². The Morgan fingerprint density at radius 3 is 3.00 bits per heavy atom. The van der Waals surface area contributed by atoms with Crippen molar-refractivity contribution in [2.45, 2.75) is 39.4 Å². The molecule has 3 heteroatoms. The predicted octanol–water partition coefficient (Wildman–Crippen LogP) is 2.19. The van der Waals surface area contributed by atoms with Crippen molar-refractivity contribution in [2.75, 3.05) is 26.8 Å². The maximum Gasteiger partial charge on any atom is 0.0615 e. The molecule has 106 valence electrons. The summed E-state index contributed by atoms with van der Waals surface area (Å²) in [5.74, 6) is 0. The molecule has 0 aromatic heterocycles. The number of nitrogens with one attached hydrogen (secondary N) is 1. The molecule has 2 rings (SSSR count). The van der Waals surface area contributed by atoms with Gasteiger partial charge in [-0.05, 0) is 43.1 Å². The standard InChI is InChI=1S/C16H26N2O/c1-4-18(13(2)12-19-3)11-15-7-5-6-14-10-17-9-8-16(14)15/h5-7,13,17H,4,8-12H2,1-3H3. The molecule has 0 saturated heterocycles. The lowest BCUT2D eigenvalue weighted by Gasteiger charge is -2.29. The molecule has 0 saturated carbocycles. The minimum Gasteiger partial charge on any atom is -0.383 e. The lowest BCUT2D eigenvalue weighted by molar-refractivity contribution is 0.0980. The van der Waals surface area contributed by atoms with Crippen LogP contribution in [0.5, 0.6) is 0 Å². The number of likely N-dealkylation sites (N-methyl/N-ethyl adjacent to an activating group) is 1. The van der Waals surface area contributed by atoms with Gasteiger partial charge in [0.2, 0.25) is 0 Å². The average Bonchev–Trinajstić information content (AvgIpc) is 2.45. The summed E-state index contributed by atoms with van der Waals surface area (Å²) in [7, 11) is 1.78. The average molecular weight is 262 g/mol. The van der Waals surface area contributed by atoms with Crippen LogP contribution in [0, 0.1) is 0 Å². The van der Waals surface area contributed by atoms with E-state index in [2.05, 4.69) is 42.3 Å². The molecule has 1 atom stereocenters. The van der Waals surface area contributed by atoms with Crippen molar-refractivity contribution in [1.29, 1.82) is 0 Å². The SMILES string of the molecule is CCN(Cc1cccc2c1CCNC2)C(C)COC. The summed E-state index contributed by atoms with van der Waals surface area (Å²) in [5.41, 5.74) is 4.52. The molecule has 0 fully saturated rings. The summed E-state index contributed by atoms with van der Waals surface area (Å²) >= 11 is 0. The molecule has 1 aliphatic heterocycles. The third kappa shape index (κ3) is 3.56. The van der Waals surface area contributed by atoms with E-state index in [0.717, 1.165) is 39.2 Å². The summed E-state index contributed by atoms with van der Waals surface area (Å²) in [6.07, 6.45) is 1.15. The third-order valence-corrected chi connectivity index (χ3v) is 4.05. The molecule has 1 aromatic rings. The Labute approximate surface area is 116 Å². The largest absolute Gasteiger partial charge is 0.383 e. The normalized spacial score (nSPS) is 16.4. The number of hydrogen-bond donors (Lipinski definition) is 1. The van der Waals surface area contributed by atoms with Gasteiger partial charge in [-0.1, -0.05) is 25.1 Å². The van der Waals surface area contributed by atoms with Gasteiger partial charge in [0.15, 0.2) is 0 Å². The van der Waals surface area contributed by atoms with Gasteiger partial charge in [0.25, 0.3) is 0 Å². The Morgan fingerprint density at radius 1 is 1.42 bits per heavy atom. The molecule has 0 amide bonds. The molecular formula is C16H26N2O. The van der Waals surface area contributed by atoms with Crippen LogP contribution < -0.4 is 5.32 Å². The van der Waals surface area contributed by atoms with E-state index >= 15 is 0 Å². The molecule has 0 spiro atoms. The van der Waals surface area contributed by atoms with Crippen LogP contribution in [0.1, 0.15) is 30.5 Å². The first-order valence-electron chi connectivity index (χ1n) is 7.29. The first-order chi connectivity index (χ1) is 9.26. The quantitative estimate of drug-likeness (QED) is 0.850. The molecule has 0 radical (unpaired) electrons. The van der Waals surface area contributed by atoms with Crippen molar-refractivity contribution < 1.29 is 4.74 Å². The Hall–Kier alpha value is -0.900. The lowest BCUT2D eigenvalue weighted by atomic mass is 9.95. The first kappa shape index (κ1) is 14.5. The molecule has 19 heavy (non-hydrogen) atoms. The number of methoxy groups -OCH3 is 1. The molecule has 0 bridgehead atoms. The van der Waals surface area contributed by atoms with Crippen LogP contribution >= 0.6 is 0 Å². The highest BCUT2D eigenvalue weighted by molar-refractivity contribution is 5.37. The number of benzene rings is 1. The number of nitrogens with zero attached hydrogens (tertiary/aromatic N) is 1. The van der Waals surface area contributed by atoms with E-state index in [1.165, 1.54) is 11.1 Å². The highest BCUT2D eigenvalue weighted by Gasteiger charge is 2.17. The van der Waals surface area contributed by atoms with Crippen molar-refractivity contribution in [3.8, 4) is 0 Å². The Kier molecular flexibility index (Phi) is 5.37. The summed E-state index contributed by atoms with van der Waals surface area (Å²) in [6.45, 7) is 9.47. The molecule has 1 unspecified atom stereocenters. The fraction of sp³-hybridized carbons (Fsp3) is 0.625. The smallest absolute Gasteiger partial charge is 0.0615 e. The van der Waals surface area contributed by atoms with Crippen molar-refractivity contribution in [2.24, 2.45) is 0 Å². The summed E-state index contributed by atoms with van der Waals surface area (Å²) in [6, 6.07) is 7.19. The van der Waals surface area contributed by atoms with Gasteiger partial charge in [0.1, 0.15) is 0 Å². The topological polar surface area (TPSA) is 24.5 Å². The van der Waals surface area contributed by atoms with Crippen molar-refractivity contribution in [3.05, 3.63) is 34.9 Å². The molecule has 3 nitrogen and oxygen atoms in total. The van der Waals surface area contributed by atoms with Gasteiger partial charge in [-0.25, -0.2) is 0 Å². The Morgan fingerprint density at radius 2 is 2.26 bits per heavy atom. The lowest BCUT2D eigenvalue weighted by Crippen LogP contribution is -2.36. The van der Waals surface area contributed by atoms with E-state index in [1.54, 1.807) is 12.7 Å². The monoisotopic (exact) mass is 262 g/mol. The van der Waals surface area contributed by atoms with Crippen molar-refractivity contribution >= 4 is 0 Å². The molecular weight excluding hydrogens is 236 g/mol. The maximum atomic E-state index is 5.29. The van der Waals surface area contributed by atoms with Gasteiger partial charge in [-0.3, -0.25) is 4.90 Å². The van der Waals surface area contributed by atoms with Gasteiger partial charge in [-0.2, -0.15) is 0 Å². The zero-order chi connectivity index (χ0) is 13.7. The Bertz CT molecular complexity index is 406. The molecule has 1 heterocycles. The number of fused-ring (bicyclic) bond motifs is 1. The summed E-state index contributed by atoms with van der Waals surface area (Å²) in [4.78, 5) is 2.49. The van der Waals surface area contributed by atoms with Crippen LogP contribution in [-0.2, 0) is 24.2 Å². The predicted molar refractivity (Wildman–Crippen MR) is 79.3 cm³/mol. The van der Waals surface area contributed by atoms with Gasteiger partial charge in [0.05, 0.1) is 6.61 Å². The van der Waals surface area contributed by atoms with Crippen LogP contribution in [0.4, 0.5) is 0 Å². The number of hydrogen-bond acceptors (Lipinski definition) is 3. The highest BCUT2D eigenvalue weighted by Crippen LogP contribution is 2.20. The summed E-state index contributed by atoms with van der Waals surface area (Å²) < 4.78 is 5.29. The van der Waals surface area contributed by atoms with Gasteiger partial charge >= 0.3 is 0 Å². The fourth-order valence-corrected chi connectivity index (χ4v) is 2.90. The zero-order valence-electron chi connectivity index (χ0n) is 12.4. The first-order valence-corrected chi connectivity index (χ1v) is 7.29. The van der Waals surface area contributed by atoms with E-state index in [1.807, 2.05) is 0 Å². The zero-order valence-corrected chi connectivity index (χ0v) is 12.4. The van der Waals surface area contributed by atoms with Crippen LogP contribution in [0.3, 0.4) is 0 Å². The molecule has 0 aliphatic carbocycles. The van der Waals surface area contributed by atoms with E-state index in [-0.39, 0.29) is 0 Å². The molecule has 1 N–H and O–H groups in total. The van der Waals surface area contributed by atoms with Crippen LogP contribution in [-0.4, -0.2) is 37.7 Å². The van der Waals surface area contributed by atoms with E-state index in [0.29, 0.717) is 6.04 Å². The van der Waals surface area contributed by atoms with Gasteiger partial charge < -0.3 is 10.1 Å². The number of ether oxygens (including phenoxy) is 1. The fourth-order valence-electron chi connectivity index (χ4n) is 2.90. The van der Waals surface area contributed by atoms with Crippen LogP contribution in [0.15, 0.2) is 18.2 Å². The molecule has 1 aromatic carbocycles. The van der Waals surface area contributed by atoms with E-state index in [9.17, 15) is 0 Å². The summed E-state index contributed by atoms with van der Waals surface area (Å²) in [5, 5.41) is 3.44. The second-order valence-electron chi connectivity index (χ2n) is 5.35.